The van der Waals surface area contributed by atoms with Crippen LogP contribution in [0.2, 0.25) is 0 Å². The molecule has 55 heavy (non-hydrogen) atoms. The van der Waals surface area contributed by atoms with Crippen LogP contribution in [-0.2, 0) is 54.8 Å². The van der Waals surface area contributed by atoms with E-state index in [4.69, 9.17) is 9.29 Å². The number of hydrogen-bond donors (Lipinski definition) is 6. The van der Waals surface area contributed by atoms with Gasteiger partial charge in [-0.2, -0.15) is 53.0 Å². The quantitative estimate of drug-likeness (QED) is 0.0685. The number of methoxy groups -OCH3 is 1. The minimum atomic E-state index is -5.46. The molecule has 24 nitrogen and oxygen atoms in total. The van der Waals surface area contributed by atoms with E-state index in [1.807, 2.05) is 0 Å². The van der Waals surface area contributed by atoms with E-state index in [0.29, 0.717) is 6.07 Å². The SMILES string of the molecule is COc1ccc(N=Nc2c(S(=O)(=O)O)cc3c(S(=O)(=O)O)c(Nc4nc(F)nc(N(C)CCS(=O)(=O)CCOS(=O)(=O)O)n4)ccc3c2O)c(S(=O)(=O)O)c1. The van der Waals surface area contributed by atoms with Gasteiger partial charge < -0.3 is 20.1 Å². The molecule has 0 atom stereocenters. The molecule has 1 heterocycles. The highest BCUT2D eigenvalue weighted by atomic mass is 32.3. The zero-order valence-electron chi connectivity index (χ0n) is 27.5. The molecule has 6 N–H and O–H groups in total. The van der Waals surface area contributed by atoms with Gasteiger partial charge in [0.2, 0.25) is 11.9 Å². The highest BCUT2D eigenvalue weighted by molar-refractivity contribution is 7.91. The fraction of sp³-hybridized carbons (Fsp3) is 0.240. The molecular weight excluding hydrogens is 850 g/mol. The van der Waals surface area contributed by atoms with Gasteiger partial charge in [-0.05, 0) is 30.3 Å². The van der Waals surface area contributed by atoms with Crippen molar-refractivity contribution in [1.82, 2.24) is 15.0 Å². The maximum absolute atomic E-state index is 14.5. The van der Waals surface area contributed by atoms with Crippen molar-refractivity contribution in [2.45, 2.75) is 14.7 Å². The normalized spacial score (nSPS) is 13.0. The van der Waals surface area contributed by atoms with E-state index >= 15 is 0 Å². The van der Waals surface area contributed by atoms with E-state index < -0.39 is 141 Å². The maximum atomic E-state index is 14.5. The van der Waals surface area contributed by atoms with Crippen LogP contribution in [0.25, 0.3) is 10.8 Å². The first kappa shape index (κ1) is 42.9. The second kappa shape index (κ2) is 15.8. The van der Waals surface area contributed by atoms with Crippen molar-refractivity contribution in [3.63, 3.8) is 0 Å². The lowest BCUT2D eigenvalue weighted by Crippen LogP contribution is -2.29. The summed E-state index contributed by atoms with van der Waals surface area (Å²) in [6.07, 6.45) is -1.49. The second-order valence-electron chi connectivity index (χ2n) is 10.7. The lowest BCUT2D eigenvalue weighted by Gasteiger charge is -2.18. The number of hydrogen-bond acceptors (Lipinski definition) is 20. The minimum Gasteiger partial charge on any atom is -0.505 e. The Hall–Kier alpha value is -4.79. The standard InChI is InChI=1S/C25H26FN7O17S5/c1-33(7-9-51(35,36)10-8-50-55(46,47)48)25-29-23(26)28-24(30-25)27-17-6-4-14-15(22(17)54(43,44)45)12-19(53(40,41)42)20(21(14)34)32-31-16-5-3-13(49-2)11-18(16)52(37,38)39/h3-6,11-12,34H,7-10H2,1-2H3,(H,37,38,39)(H,40,41,42)(H,43,44,45)(H,46,47,48)(H,27,28,29,30). The first-order chi connectivity index (χ1) is 25.2. The van der Waals surface area contributed by atoms with Gasteiger partial charge in [-0.1, -0.05) is 0 Å². The van der Waals surface area contributed by atoms with Crippen LogP contribution in [0, 0.1) is 6.08 Å². The molecule has 0 spiro atoms. The molecule has 0 aliphatic carbocycles. The Morgan fingerprint density at radius 1 is 0.800 bits per heavy atom. The average molecular weight is 876 g/mol. The molecule has 0 saturated heterocycles. The molecular formula is C25H26FN7O17S5. The lowest BCUT2D eigenvalue weighted by molar-refractivity contribution is 0.284. The minimum absolute atomic E-state index is 0.0562. The third-order valence-electron chi connectivity index (χ3n) is 6.97. The van der Waals surface area contributed by atoms with Gasteiger partial charge in [0.05, 0.1) is 30.9 Å². The van der Waals surface area contributed by atoms with Crippen molar-refractivity contribution in [1.29, 1.82) is 0 Å². The molecule has 0 unspecified atom stereocenters. The first-order valence-electron chi connectivity index (χ1n) is 14.3. The molecule has 4 aromatic rings. The number of halogens is 1. The highest BCUT2D eigenvalue weighted by Crippen LogP contribution is 2.45. The molecule has 0 saturated carbocycles. The molecule has 0 aliphatic rings. The third-order valence-corrected chi connectivity index (χ3v) is 11.7. The van der Waals surface area contributed by atoms with E-state index in [2.05, 4.69) is 34.7 Å². The number of anilines is 3. The van der Waals surface area contributed by atoms with E-state index in [0.717, 1.165) is 29.2 Å². The van der Waals surface area contributed by atoms with Gasteiger partial charge in [-0.3, -0.25) is 18.2 Å². The number of fused-ring (bicyclic) bond motifs is 1. The Bertz CT molecular complexity index is 2770. The number of rotatable bonds is 16. The lowest BCUT2D eigenvalue weighted by atomic mass is 10.1. The number of phenols is 1. The summed E-state index contributed by atoms with van der Waals surface area (Å²) in [4.78, 5) is 8.27. The zero-order chi connectivity index (χ0) is 41.3. The summed E-state index contributed by atoms with van der Waals surface area (Å²) in [6, 6.07) is 5.24. The molecule has 0 bridgehead atoms. The maximum Gasteiger partial charge on any atom is 0.397 e. The summed E-state index contributed by atoms with van der Waals surface area (Å²) in [5.74, 6) is -4.06. The van der Waals surface area contributed by atoms with E-state index in [9.17, 15) is 65.2 Å². The van der Waals surface area contributed by atoms with Gasteiger partial charge >= 0.3 is 16.5 Å². The van der Waals surface area contributed by atoms with Crippen LogP contribution >= 0.6 is 0 Å². The van der Waals surface area contributed by atoms with Crippen molar-refractivity contribution >= 4 is 90.3 Å². The van der Waals surface area contributed by atoms with Gasteiger partial charge in [0.15, 0.2) is 15.6 Å². The summed E-state index contributed by atoms with van der Waals surface area (Å²) in [7, 11) is -22.4. The number of azo groups is 1. The molecule has 30 heteroatoms. The molecule has 300 valence electrons. The molecule has 0 fully saturated rings. The summed E-state index contributed by atoms with van der Waals surface area (Å²) >= 11 is 0. The number of aromatic hydroxyl groups is 1. The summed E-state index contributed by atoms with van der Waals surface area (Å²) in [6.45, 7) is -1.34. The van der Waals surface area contributed by atoms with Gasteiger partial charge in [0.1, 0.15) is 31.8 Å². The summed E-state index contributed by atoms with van der Waals surface area (Å²) < 4.78 is 182. The Kier molecular flexibility index (Phi) is 12.3. The fourth-order valence-electron chi connectivity index (χ4n) is 4.51. The smallest absolute Gasteiger partial charge is 0.397 e. The zero-order valence-corrected chi connectivity index (χ0v) is 31.6. The summed E-state index contributed by atoms with van der Waals surface area (Å²) in [5.41, 5.74) is -2.35. The van der Waals surface area contributed by atoms with Crippen molar-refractivity contribution in [2.75, 3.05) is 49.0 Å². The van der Waals surface area contributed by atoms with Crippen LogP contribution in [0.5, 0.6) is 11.5 Å². The molecule has 3 aromatic carbocycles. The Morgan fingerprint density at radius 2 is 1.45 bits per heavy atom. The van der Waals surface area contributed by atoms with Crippen LogP contribution < -0.4 is 15.0 Å². The van der Waals surface area contributed by atoms with Gasteiger partial charge in [-0.25, -0.2) is 12.6 Å². The van der Waals surface area contributed by atoms with E-state index in [1.54, 1.807) is 0 Å². The van der Waals surface area contributed by atoms with Crippen LogP contribution in [-0.4, -0.2) is 119 Å². The number of sulfone groups is 1. The van der Waals surface area contributed by atoms with E-state index in [1.165, 1.54) is 20.2 Å². The molecule has 0 amide bonds. The molecule has 4 rings (SSSR count). The highest BCUT2D eigenvalue weighted by Gasteiger charge is 2.29. The Balaban J connectivity index is 1.78. The Labute approximate surface area is 310 Å². The van der Waals surface area contributed by atoms with Crippen molar-refractivity contribution < 1.29 is 78.7 Å². The van der Waals surface area contributed by atoms with Crippen LogP contribution in [0.1, 0.15) is 0 Å². The number of nitrogens with one attached hydrogen (secondary N) is 1. The largest absolute Gasteiger partial charge is 0.505 e. The number of ether oxygens (including phenoxy) is 1. The van der Waals surface area contributed by atoms with Crippen LogP contribution in [0.3, 0.4) is 0 Å². The average Bonchev–Trinajstić information content (AvgIpc) is 3.04. The first-order valence-corrected chi connectivity index (χ1v) is 21.8. The van der Waals surface area contributed by atoms with Crippen molar-refractivity contribution in [3.8, 4) is 11.5 Å². The predicted molar refractivity (Wildman–Crippen MR) is 185 cm³/mol. The van der Waals surface area contributed by atoms with Crippen molar-refractivity contribution in [2.24, 2.45) is 10.2 Å². The third kappa shape index (κ3) is 10.9. The fourth-order valence-corrected chi connectivity index (χ4v) is 8.13. The van der Waals surface area contributed by atoms with Gasteiger partial charge in [0.25, 0.3) is 30.4 Å². The molecule has 0 aliphatic heterocycles. The summed E-state index contributed by atoms with van der Waals surface area (Å²) in [5, 5.41) is 19.1. The van der Waals surface area contributed by atoms with Crippen molar-refractivity contribution in [3.05, 3.63) is 42.5 Å². The topological polar surface area (TPSA) is 369 Å². The second-order valence-corrected chi connectivity index (χ2v) is 18.3. The Morgan fingerprint density at radius 3 is 2.04 bits per heavy atom. The van der Waals surface area contributed by atoms with Crippen LogP contribution in [0.15, 0.2) is 61.3 Å². The monoisotopic (exact) mass is 875 g/mol. The number of nitrogens with zero attached hydrogens (tertiary/aromatic N) is 6. The van der Waals surface area contributed by atoms with Gasteiger partial charge in [-0.15, -0.1) is 10.2 Å². The molecule has 1 aromatic heterocycles. The number of phenolic OH excluding ortho intramolecular Hbond substituents is 1. The van der Waals surface area contributed by atoms with Crippen LogP contribution in [0.4, 0.5) is 33.3 Å². The van der Waals surface area contributed by atoms with E-state index in [-0.39, 0.29) is 5.75 Å². The van der Waals surface area contributed by atoms with Gasteiger partial charge in [0, 0.05) is 30.4 Å². The number of benzene rings is 3. The molecule has 0 radical (unpaired) electrons. The number of aromatic nitrogens is 3. The predicted octanol–water partition coefficient (Wildman–Crippen LogP) is 1.45.